The Labute approximate surface area is 78.5 Å². The molecular formula is C11H14O2. The average Bonchev–Trinajstić information content (AvgIpc) is 2.19. The standard InChI is InChI=1S/C11H14O2/c12-8-10-13-9-4-7-11-5-2-1-3-6-11/h1-6,9,12H,7-8,10H2. The lowest BCUT2D eigenvalue weighted by Crippen LogP contribution is -1.92. The minimum Gasteiger partial charge on any atom is -0.499 e. The van der Waals surface area contributed by atoms with Crippen LogP contribution in [0.15, 0.2) is 42.7 Å². The van der Waals surface area contributed by atoms with Gasteiger partial charge in [0.25, 0.3) is 0 Å². The van der Waals surface area contributed by atoms with E-state index >= 15 is 0 Å². The van der Waals surface area contributed by atoms with Gasteiger partial charge in [-0.3, -0.25) is 0 Å². The fraction of sp³-hybridized carbons (Fsp3) is 0.273. The summed E-state index contributed by atoms with van der Waals surface area (Å²) in [6.07, 6.45) is 4.43. The van der Waals surface area contributed by atoms with Gasteiger partial charge in [0, 0.05) is 0 Å². The summed E-state index contributed by atoms with van der Waals surface area (Å²) in [5.41, 5.74) is 1.26. The summed E-state index contributed by atoms with van der Waals surface area (Å²) >= 11 is 0. The maximum absolute atomic E-state index is 8.42. The quantitative estimate of drug-likeness (QED) is 0.550. The second kappa shape index (κ2) is 6.26. The minimum absolute atomic E-state index is 0.0652. The van der Waals surface area contributed by atoms with Crippen molar-refractivity contribution in [3.63, 3.8) is 0 Å². The van der Waals surface area contributed by atoms with E-state index in [4.69, 9.17) is 9.84 Å². The maximum Gasteiger partial charge on any atom is 0.110 e. The molecule has 13 heavy (non-hydrogen) atoms. The maximum atomic E-state index is 8.42. The molecule has 0 aliphatic carbocycles. The second-order valence-electron chi connectivity index (χ2n) is 2.66. The average molecular weight is 178 g/mol. The number of hydrogen-bond acceptors (Lipinski definition) is 2. The Balaban J connectivity index is 2.23. The summed E-state index contributed by atoms with van der Waals surface area (Å²) in [7, 11) is 0. The Hall–Kier alpha value is -1.28. The first kappa shape index (κ1) is 9.81. The van der Waals surface area contributed by atoms with Crippen molar-refractivity contribution in [3.8, 4) is 0 Å². The SMILES string of the molecule is OCCOC=CCc1ccccc1. The molecule has 70 valence electrons. The Kier molecular flexibility index (Phi) is 4.72. The molecule has 1 N–H and O–H groups in total. The lowest BCUT2D eigenvalue weighted by atomic mass is 10.2. The number of rotatable bonds is 5. The van der Waals surface area contributed by atoms with Crippen LogP contribution < -0.4 is 0 Å². The van der Waals surface area contributed by atoms with E-state index in [1.54, 1.807) is 6.26 Å². The van der Waals surface area contributed by atoms with Gasteiger partial charge in [-0.2, -0.15) is 0 Å². The van der Waals surface area contributed by atoms with Crippen LogP contribution in [0.4, 0.5) is 0 Å². The molecule has 1 aromatic rings. The largest absolute Gasteiger partial charge is 0.499 e. The van der Waals surface area contributed by atoms with Crippen LogP contribution in [0.25, 0.3) is 0 Å². The highest BCUT2D eigenvalue weighted by Crippen LogP contribution is 1.99. The molecule has 0 aromatic heterocycles. The molecule has 0 saturated heterocycles. The van der Waals surface area contributed by atoms with Crippen LogP contribution in [0.3, 0.4) is 0 Å². The summed E-state index contributed by atoms with van der Waals surface area (Å²) in [4.78, 5) is 0. The van der Waals surface area contributed by atoms with Crippen molar-refractivity contribution in [2.45, 2.75) is 6.42 Å². The molecule has 0 amide bonds. The zero-order valence-corrected chi connectivity index (χ0v) is 7.52. The highest BCUT2D eigenvalue weighted by atomic mass is 16.5. The molecule has 0 aliphatic rings. The summed E-state index contributed by atoms with van der Waals surface area (Å²) in [5, 5.41) is 8.42. The molecule has 0 fully saturated rings. The van der Waals surface area contributed by atoms with Crippen LogP contribution in [0.1, 0.15) is 5.56 Å². The molecule has 0 heterocycles. The van der Waals surface area contributed by atoms with E-state index in [1.165, 1.54) is 5.56 Å². The van der Waals surface area contributed by atoms with E-state index < -0.39 is 0 Å². The van der Waals surface area contributed by atoms with Crippen LogP contribution >= 0.6 is 0 Å². The molecule has 1 aromatic carbocycles. The van der Waals surface area contributed by atoms with E-state index in [9.17, 15) is 0 Å². The first-order valence-corrected chi connectivity index (χ1v) is 4.35. The Morgan fingerprint density at radius 2 is 2.00 bits per heavy atom. The van der Waals surface area contributed by atoms with Gasteiger partial charge in [0.15, 0.2) is 0 Å². The molecule has 1 rings (SSSR count). The number of aliphatic hydroxyl groups is 1. The summed E-state index contributed by atoms with van der Waals surface area (Å²) in [6.45, 7) is 0.432. The van der Waals surface area contributed by atoms with Gasteiger partial charge in [0.05, 0.1) is 12.9 Å². The summed E-state index contributed by atoms with van der Waals surface area (Å²) in [6, 6.07) is 10.2. The van der Waals surface area contributed by atoms with Gasteiger partial charge in [-0.05, 0) is 18.1 Å². The molecule has 0 atom stereocenters. The second-order valence-corrected chi connectivity index (χ2v) is 2.66. The summed E-state index contributed by atoms with van der Waals surface area (Å²) in [5.74, 6) is 0. The molecule has 0 aliphatic heterocycles. The molecular weight excluding hydrogens is 164 g/mol. The number of allylic oxidation sites excluding steroid dienone is 1. The van der Waals surface area contributed by atoms with Crippen LogP contribution in [-0.2, 0) is 11.2 Å². The smallest absolute Gasteiger partial charge is 0.110 e. The minimum atomic E-state index is 0.0652. The first-order valence-electron chi connectivity index (χ1n) is 4.35. The molecule has 0 unspecified atom stereocenters. The van der Waals surface area contributed by atoms with Crippen molar-refractivity contribution >= 4 is 0 Å². The lowest BCUT2D eigenvalue weighted by Gasteiger charge is -1.96. The Bertz CT molecular complexity index is 242. The number of benzene rings is 1. The van der Waals surface area contributed by atoms with E-state index in [0.29, 0.717) is 6.61 Å². The van der Waals surface area contributed by atoms with Crippen LogP contribution in [0, 0.1) is 0 Å². The van der Waals surface area contributed by atoms with E-state index in [0.717, 1.165) is 6.42 Å². The third-order valence-corrected chi connectivity index (χ3v) is 1.60. The van der Waals surface area contributed by atoms with E-state index in [2.05, 4.69) is 12.1 Å². The van der Waals surface area contributed by atoms with Crippen molar-refractivity contribution in [1.29, 1.82) is 0 Å². The van der Waals surface area contributed by atoms with Gasteiger partial charge in [0.2, 0.25) is 0 Å². The van der Waals surface area contributed by atoms with Crippen molar-refractivity contribution in [3.05, 3.63) is 48.2 Å². The lowest BCUT2D eigenvalue weighted by molar-refractivity contribution is 0.165. The number of ether oxygens (including phenoxy) is 1. The van der Waals surface area contributed by atoms with E-state index in [-0.39, 0.29) is 6.61 Å². The molecule has 0 radical (unpaired) electrons. The fourth-order valence-corrected chi connectivity index (χ4v) is 0.987. The van der Waals surface area contributed by atoms with E-state index in [1.807, 2.05) is 24.3 Å². The van der Waals surface area contributed by atoms with Crippen molar-refractivity contribution in [2.24, 2.45) is 0 Å². The highest BCUT2D eigenvalue weighted by molar-refractivity contribution is 5.16. The molecule has 0 saturated carbocycles. The van der Waals surface area contributed by atoms with Crippen LogP contribution in [0.2, 0.25) is 0 Å². The van der Waals surface area contributed by atoms with Crippen LogP contribution in [-0.4, -0.2) is 18.3 Å². The van der Waals surface area contributed by atoms with Crippen molar-refractivity contribution in [2.75, 3.05) is 13.2 Å². The third-order valence-electron chi connectivity index (χ3n) is 1.60. The highest BCUT2D eigenvalue weighted by Gasteiger charge is 1.85. The monoisotopic (exact) mass is 178 g/mol. The molecule has 0 bridgehead atoms. The number of hydrogen-bond donors (Lipinski definition) is 1. The fourth-order valence-electron chi connectivity index (χ4n) is 0.987. The van der Waals surface area contributed by atoms with Gasteiger partial charge in [-0.1, -0.05) is 30.3 Å². The van der Waals surface area contributed by atoms with Crippen molar-refractivity contribution in [1.82, 2.24) is 0 Å². The van der Waals surface area contributed by atoms with Gasteiger partial charge < -0.3 is 9.84 Å². The Morgan fingerprint density at radius 1 is 1.23 bits per heavy atom. The van der Waals surface area contributed by atoms with Gasteiger partial charge >= 0.3 is 0 Å². The first-order chi connectivity index (χ1) is 6.43. The predicted octanol–water partition coefficient (Wildman–Crippen LogP) is 1.75. The number of aliphatic hydroxyl groups excluding tert-OH is 1. The van der Waals surface area contributed by atoms with Gasteiger partial charge in [-0.25, -0.2) is 0 Å². The summed E-state index contributed by atoms with van der Waals surface area (Å²) < 4.78 is 4.97. The molecule has 2 nitrogen and oxygen atoms in total. The topological polar surface area (TPSA) is 29.5 Å². The van der Waals surface area contributed by atoms with Gasteiger partial charge in [-0.15, -0.1) is 0 Å². The van der Waals surface area contributed by atoms with Crippen LogP contribution in [0.5, 0.6) is 0 Å². The third kappa shape index (κ3) is 4.33. The predicted molar refractivity (Wildman–Crippen MR) is 52.3 cm³/mol. The molecule has 2 heteroatoms. The normalized spacial score (nSPS) is 10.5. The molecule has 0 spiro atoms. The zero-order chi connectivity index (χ0) is 9.36. The Morgan fingerprint density at radius 3 is 2.69 bits per heavy atom. The zero-order valence-electron chi connectivity index (χ0n) is 7.52. The van der Waals surface area contributed by atoms with Crippen molar-refractivity contribution < 1.29 is 9.84 Å². The van der Waals surface area contributed by atoms with Gasteiger partial charge in [0.1, 0.15) is 6.61 Å².